The van der Waals surface area contributed by atoms with Crippen LogP contribution < -0.4 is 0 Å². The fourth-order valence-electron chi connectivity index (χ4n) is 2.83. The predicted octanol–water partition coefficient (Wildman–Crippen LogP) is 8.09. The number of hydrogen-bond acceptors (Lipinski definition) is 4. The Morgan fingerprint density at radius 1 is 0.500 bits per heavy atom. The summed E-state index contributed by atoms with van der Waals surface area (Å²) in [6.07, 6.45) is 2.49. The van der Waals surface area contributed by atoms with E-state index in [4.69, 9.17) is 0 Å². The van der Waals surface area contributed by atoms with Gasteiger partial charge in [-0.15, -0.1) is 0 Å². The van der Waals surface area contributed by atoms with Crippen molar-refractivity contribution in [2.45, 2.75) is 91.6 Å². The maximum absolute atomic E-state index is 2.36. The highest BCUT2D eigenvalue weighted by Gasteiger charge is 2.29. The molecule has 0 radical (unpaired) electrons. The van der Waals surface area contributed by atoms with Gasteiger partial charge in [-0.05, 0) is 71.0 Å². The van der Waals surface area contributed by atoms with E-state index in [1.807, 2.05) is 41.2 Å². The molecule has 0 aromatic heterocycles. The number of rotatable bonds is 7. The van der Waals surface area contributed by atoms with Crippen molar-refractivity contribution < 1.29 is 0 Å². The molecule has 0 aliphatic heterocycles. The van der Waals surface area contributed by atoms with Gasteiger partial charge < -0.3 is 0 Å². The highest BCUT2D eigenvalue weighted by atomic mass is 33.7. The van der Waals surface area contributed by atoms with Gasteiger partial charge in [0.2, 0.25) is 0 Å². The van der Waals surface area contributed by atoms with Crippen LogP contribution in [0, 0.1) is 10.8 Å². The molecule has 0 fully saturated rings. The fourth-order valence-corrected chi connectivity index (χ4v) is 11.2. The topological polar surface area (TPSA) is 0 Å². The molecule has 0 atom stereocenters. The summed E-state index contributed by atoms with van der Waals surface area (Å²) in [4.78, 5) is 0. The molecule has 0 N–H and O–H groups in total. The van der Waals surface area contributed by atoms with Crippen LogP contribution in [0.3, 0.4) is 0 Å². The molecule has 0 amide bonds. The Morgan fingerprint density at radius 2 is 0.750 bits per heavy atom. The van der Waals surface area contributed by atoms with Crippen molar-refractivity contribution in [1.82, 2.24) is 0 Å². The molecule has 122 valence electrons. The average molecular weight is 355 g/mol. The third-order valence-electron chi connectivity index (χ3n) is 2.46. The second-order valence-corrected chi connectivity index (χ2v) is 16.4. The molecule has 0 aliphatic rings. The van der Waals surface area contributed by atoms with E-state index in [0.717, 1.165) is 0 Å². The predicted molar refractivity (Wildman–Crippen MR) is 107 cm³/mol. The molecule has 0 heterocycles. The highest BCUT2D eigenvalue weighted by Crippen LogP contribution is 2.55. The highest BCUT2D eigenvalue weighted by molar-refractivity contribution is 9.26. The summed E-state index contributed by atoms with van der Waals surface area (Å²) in [7, 11) is 7.95. The third kappa shape index (κ3) is 13.1. The van der Waals surface area contributed by atoms with Gasteiger partial charge >= 0.3 is 0 Å². The van der Waals surface area contributed by atoms with Gasteiger partial charge in [-0.3, -0.25) is 0 Å². The second kappa shape index (κ2) is 7.79. The minimum atomic E-state index is 0.338. The lowest BCUT2D eigenvalue weighted by atomic mass is 9.86. The van der Waals surface area contributed by atoms with Crippen molar-refractivity contribution in [2.24, 2.45) is 10.8 Å². The molecule has 0 unspecified atom stereocenters. The molecule has 0 bridgehead atoms. The first-order chi connectivity index (χ1) is 8.62. The quantitative estimate of drug-likeness (QED) is 0.334. The Hall–Kier alpha value is 1.40. The lowest BCUT2D eigenvalue weighted by Crippen LogP contribution is -2.23. The van der Waals surface area contributed by atoms with E-state index in [9.17, 15) is 0 Å². The van der Waals surface area contributed by atoms with Gasteiger partial charge in [0.1, 0.15) is 0 Å². The molecule has 0 aromatic carbocycles. The minimum absolute atomic E-state index is 0.338. The van der Waals surface area contributed by atoms with E-state index in [-0.39, 0.29) is 0 Å². The van der Waals surface area contributed by atoms with Gasteiger partial charge in [0.15, 0.2) is 0 Å². The zero-order chi connectivity index (χ0) is 16.2. The Morgan fingerprint density at radius 3 is 0.950 bits per heavy atom. The Bertz CT molecular complexity index is 252. The lowest BCUT2D eigenvalue weighted by Gasteiger charge is -2.32. The van der Waals surface area contributed by atoms with E-state index < -0.39 is 0 Å². The molecule has 0 nitrogen and oxygen atoms in total. The van der Waals surface area contributed by atoms with Gasteiger partial charge in [0.25, 0.3) is 0 Å². The SMILES string of the molecule is CC(C)(C)CC(C)(C)SSSSC(C)(C)CC(C)(C)C. The summed E-state index contributed by atoms with van der Waals surface area (Å²) < 4.78 is 0.676. The Labute approximate surface area is 143 Å². The molecule has 0 saturated carbocycles. The summed E-state index contributed by atoms with van der Waals surface area (Å²) in [6, 6.07) is 0. The van der Waals surface area contributed by atoms with E-state index in [2.05, 4.69) is 69.2 Å². The fraction of sp³-hybridized carbons (Fsp3) is 1.00. The second-order valence-electron chi connectivity index (χ2n) is 9.30. The standard InChI is InChI=1S/C16H34S4/c1-13(2,3)11-15(7,8)17-19-20-18-16(9,10)12-14(4,5)6/h11-12H2,1-10H3. The van der Waals surface area contributed by atoms with E-state index in [0.29, 0.717) is 20.3 Å². The summed E-state index contributed by atoms with van der Waals surface area (Å²) in [5.41, 5.74) is 0.806. The van der Waals surface area contributed by atoms with Gasteiger partial charge in [0, 0.05) is 9.49 Å². The molecule has 0 aliphatic carbocycles. The van der Waals surface area contributed by atoms with Crippen LogP contribution >= 0.6 is 41.2 Å². The normalized spacial score (nSPS) is 14.7. The first kappa shape index (κ1) is 21.4. The molecule has 4 heteroatoms. The van der Waals surface area contributed by atoms with Gasteiger partial charge in [0.05, 0.1) is 0 Å². The first-order valence-electron chi connectivity index (χ1n) is 7.32. The van der Waals surface area contributed by atoms with E-state index in [1.165, 1.54) is 12.8 Å². The van der Waals surface area contributed by atoms with Crippen LogP contribution in [0.5, 0.6) is 0 Å². The van der Waals surface area contributed by atoms with Gasteiger partial charge in [-0.1, -0.05) is 63.1 Å². The van der Waals surface area contributed by atoms with Crippen molar-refractivity contribution in [1.29, 1.82) is 0 Å². The largest absolute Gasteiger partial charge is 0.0754 e. The van der Waals surface area contributed by atoms with Gasteiger partial charge in [-0.25, -0.2) is 0 Å². The van der Waals surface area contributed by atoms with Crippen LogP contribution in [0.4, 0.5) is 0 Å². The van der Waals surface area contributed by atoms with Crippen LogP contribution in [0.1, 0.15) is 82.1 Å². The summed E-state index contributed by atoms with van der Waals surface area (Å²) >= 11 is 0. The molecular formula is C16H34S4. The summed E-state index contributed by atoms with van der Waals surface area (Å²) in [5.74, 6) is 0. The van der Waals surface area contributed by atoms with Crippen LogP contribution in [0.2, 0.25) is 0 Å². The van der Waals surface area contributed by atoms with Crippen LogP contribution in [-0.4, -0.2) is 9.49 Å². The van der Waals surface area contributed by atoms with Crippen molar-refractivity contribution in [3.8, 4) is 0 Å². The monoisotopic (exact) mass is 354 g/mol. The van der Waals surface area contributed by atoms with Crippen molar-refractivity contribution in [2.75, 3.05) is 0 Å². The summed E-state index contributed by atoms with van der Waals surface area (Å²) in [5, 5.41) is 0. The van der Waals surface area contributed by atoms with E-state index >= 15 is 0 Å². The lowest BCUT2D eigenvalue weighted by molar-refractivity contribution is 0.340. The molecule has 0 spiro atoms. The smallest absolute Gasteiger partial charge is 0.0220 e. The zero-order valence-corrected chi connectivity index (χ0v) is 18.3. The maximum atomic E-state index is 2.36. The van der Waals surface area contributed by atoms with E-state index in [1.54, 1.807) is 0 Å². The van der Waals surface area contributed by atoms with Crippen LogP contribution in [0.15, 0.2) is 0 Å². The zero-order valence-electron chi connectivity index (χ0n) is 15.0. The van der Waals surface area contributed by atoms with Gasteiger partial charge in [-0.2, -0.15) is 0 Å². The molecule has 0 aromatic rings. The average Bonchev–Trinajstić information content (AvgIpc) is 2.04. The maximum Gasteiger partial charge on any atom is 0.0220 e. The third-order valence-corrected chi connectivity index (χ3v) is 10.3. The van der Waals surface area contributed by atoms with Crippen molar-refractivity contribution in [3.05, 3.63) is 0 Å². The number of hydrogen-bond donors (Lipinski definition) is 0. The summed E-state index contributed by atoms with van der Waals surface area (Å²) in [6.45, 7) is 23.4. The molecule has 0 rings (SSSR count). The minimum Gasteiger partial charge on any atom is -0.0754 e. The molecule has 0 saturated heterocycles. The molecular weight excluding hydrogens is 320 g/mol. The van der Waals surface area contributed by atoms with Crippen molar-refractivity contribution in [3.63, 3.8) is 0 Å². The van der Waals surface area contributed by atoms with Crippen LogP contribution in [-0.2, 0) is 0 Å². The molecule has 20 heavy (non-hydrogen) atoms. The first-order valence-corrected chi connectivity index (χ1v) is 12.1. The van der Waals surface area contributed by atoms with Crippen LogP contribution in [0.25, 0.3) is 0 Å². The Kier molecular flexibility index (Phi) is 8.33. The van der Waals surface area contributed by atoms with Crippen molar-refractivity contribution >= 4 is 41.2 Å². The Balaban J connectivity index is 4.08.